The van der Waals surface area contributed by atoms with E-state index in [0.717, 1.165) is 17.3 Å². The summed E-state index contributed by atoms with van der Waals surface area (Å²) in [5.74, 6) is -0.292. The van der Waals surface area contributed by atoms with Crippen LogP contribution in [-0.4, -0.2) is 25.7 Å². The summed E-state index contributed by atoms with van der Waals surface area (Å²) in [7, 11) is 0. The number of hydrogen-bond donors (Lipinski definition) is 1. The molecular weight excluding hydrogens is 258 g/mol. The van der Waals surface area contributed by atoms with E-state index >= 15 is 0 Å². The third-order valence-electron chi connectivity index (χ3n) is 1.98. The van der Waals surface area contributed by atoms with Crippen LogP contribution in [0.3, 0.4) is 0 Å². The highest BCUT2D eigenvalue weighted by Gasteiger charge is 1.97. The van der Waals surface area contributed by atoms with Crippen molar-refractivity contribution in [3.05, 3.63) is 33.5 Å². The largest absolute Gasteiger partial charge is 0.463 e. The van der Waals surface area contributed by atoms with Crippen LogP contribution in [0.25, 0.3) is 0 Å². The van der Waals surface area contributed by atoms with Crippen molar-refractivity contribution < 1.29 is 9.53 Å². The lowest BCUT2D eigenvalue weighted by Crippen LogP contribution is -2.16. The fraction of sp³-hybridized carbons (Fsp3) is 0.417. The molecule has 1 heterocycles. The van der Waals surface area contributed by atoms with Crippen LogP contribution in [0, 0.1) is 0 Å². The zero-order chi connectivity index (χ0) is 12.5. The Labute approximate surface area is 110 Å². The Kier molecular flexibility index (Phi) is 6.93. The molecule has 0 aliphatic carbocycles. The Morgan fingerprint density at radius 1 is 1.59 bits per heavy atom. The summed E-state index contributed by atoms with van der Waals surface area (Å²) in [4.78, 5) is 12.2. The van der Waals surface area contributed by atoms with Crippen LogP contribution in [-0.2, 0) is 16.0 Å². The van der Waals surface area contributed by atoms with E-state index in [-0.39, 0.29) is 5.97 Å². The van der Waals surface area contributed by atoms with E-state index < -0.39 is 0 Å². The first-order chi connectivity index (χ1) is 8.22. The van der Waals surface area contributed by atoms with Crippen LogP contribution in [0.15, 0.2) is 24.3 Å². The van der Waals surface area contributed by atoms with Crippen LogP contribution in [0.1, 0.15) is 11.8 Å². The van der Waals surface area contributed by atoms with Gasteiger partial charge in [-0.25, -0.2) is 4.79 Å². The number of carbonyl (C=O) groups excluding carboxylic acids is 1. The molecule has 94 valence electrons. The Morgan fingerprint density at radius 2 is 2.41 bits per heavy atom. The fourth-order valence-electron chi connectivity index (χ4n) is 1.23. The molecule has 0 aromatic carbocycles. The summed E-state index contributed by atoms with van der Waals surface area (Å²) in [5.41, 5.74) is 0. The molecular formula is C12H16ClNO2S. The summed E-state index contributed by atoms with van der Waals surface area (Å²) in [5, 5.41) is 3.21. The molecule has 0 aliphatic rings. The van der Waals surface area contributed by atoms with Crippen molar-refractivity contribution in [2.75, 3.05) is 19.7 Å². The van der Waals surface area contributed by atoms with E-state index in [1.54, 1.807) is 24.3 Å². The van der Waals surface area contributed by atoms with Crippen LogP contribution < -0.4 is 5.32 Å². The Hall–Kier alpha value is -0.840. The van der Waals surface area contributed by atoms with E-state index in [1.807, 2.05) is 12.1 Å². The van der Waals surface area contributed by atoms with Crippen molar-refractivity contribution in [2.24, 2.45) is 0 Å². The molecule has 0 unspecified atom stereocenters. The molecule has 1 rings (SSSR count). The highest BCUT2D eigenvalue weighted by Crippen LogP contribution is 2.21. The molecule has 0 fully saturated rings. The van der Waals surface area contributed by atoms with Crippen molar-refractivity contribution in [1.29, 1.82) is 0 Å². The Balaban J connectivity index is 2.06. The van der Waals surface area contributed by atoms with Gasteiger partial charge in [0.15, 0.2) is 0 Å². The highest BCUT2D eigenvalue weighted by atomic mass is 35.5. The normalized spacial score (nSPS) is 10.9. The number of hydrogen-bond acceptors (Lipinski definition) is 4. The maximum absolute atomic E-state index is 11.0. The average Bonchev–Trinajstić information content (AvgIpc) is 2.70. The summed E-state index contributed by atoms with van der Waals surface area (Å²) < 4.78 is 5.58. The lowest BCUT2D eigenvalue weighted by atomic mass is 10.3. The van der Waals surface area contributed by atoms with Gasteiger partial charge >= 0.3 is 5.97 Å². The monoisotopic (exact) mass is 273 g/mol. The lowest BCUT2D eigenvalue weighted by molar-refractivity contribution is -0.137. The zero-order valence-corrected chi connectivity index (χ0v) is 11.3. The maximum Gasteiger partial charge on any atom is 0.330 e. The third-order valence-corrected chi connectivity index (χ3v) is 3.27. The molecule has 0 atom stereocenters. The lowest BCUT2D eigenvalue weighted by Gasteiger charge is -1.99. The second kappa shape index (κ2) is 8.28. The van der Waals surface area contributed by atoms with E-state index in [4.69, 9.17) is 16.3 Å². The van der Waals surface area contributed by atoms with Crippen molar-refractivity contribution in [3.8, 4) is 0 Å². The molecule has 5 heteroatoms. The first kappa shape index (κ1) is 14.2. The Bertz CT molecular complexity index is 376. The molecule has 0 aliphatic heterocycles. The number of nitrogens with one attached hydrogen (secondary N) is 1. The van der Waals surface area contributed by atoms with E-state index in [9.17, 15) is 4.79 Å². The second-order valence-electron chi connectivity index (χ2n) is 3.31. The molecule has 3 nitrogen and oxygen atoms in total. The number of esters is 1. The van der Waals surface area contributed by atoms with Gasteiger partial charge in [0, 0.05) is 24.0 Å². The van der Waals surface area contributed by atoms with Crippen molar-refractivity contribution in [3.63, 3.8) is 0 Å². The smallest absolute Gasteiger partial charge is 0.330 e. The molecule has 1 aromatic rings. The molecule has 0 saturated heterocycles. The number of rotatable bonds is 7. The summed E-state index contributed by atoms with van der Waals surface area (Å²) in [6.45, 7) is 3.73. The van der Waals surface area contributed by atoms with Gasteiger partial charge in [-0.05, 0) is 25.5 Å². The summed E-state index contributed by atoms with van der Waals surface area (Å²) >= 11 is 7.42. The van der Waals surface area contributed by atoms with Crippen molar-refractivity contribution in [2.45, 2.75) is 13.3 Å². The topological polar surface area (TPSA) is 38.3 Å². The Morgan fingerprint density at radius 3 is 3.06 bits per heavy atom. The van der Waals surface area contributed by atoms with E-state index in [0.29, 0.717) is 13.2 Å². The number of carbonyl (C=O) groups is 1. The predicted molar refractivity (Wildman–Crippen MR) is 71.7 cm³/mol. The van der Waals surface area contributed by atoms with Crippen molar-refractivity contribution >= 4 is 28.9 Å². The molecule has 0 amide bonds. The van der Waals surface area contributed by atoms with Gasteiger partial charge in [-0.1, -0.05) is 17.7 Å². The molecule has 17 heavy (non-hydrogen) atoms. The van der Waals surface area contributed by atoms with Crippen LogP contribution in [0.4, 0.5) is 0 Å². The SMILES string of the molecule is CCOC(=O)/C=C/CNCCc1ccc(Cl)s1. The van der Waals surface area contributed by atoms with Crippen molar-refractivity contribution in [1.82, 2.24) is 5.32 Å². The van der Waals surface area contributed by atoms with Gasteiger partial charge in [0.25, 0.3) is 0 Å². The van der Waals surface area contributed by atoms with Gasteiger partial charge in [0.1, 0.15) is 0 Å². The van der Waals surface area contributed by atoms with Gasteiger partial charge in [-0.2, -0.15) is 0 Å². The molecule has 1 aromatic heterocycles. The number of ether oxygens (including phenoxy) is 1. The molecule has 1 N–H and O–H groups in total. The zero-order valence-electron chi connectivity index (χ0n) is 9.74. The van der Waals surface area contributed by atoms with E-state index in [2.05, 4.69) is 5.32 Å². The average molecular weight is 274 g/mol. The number of thiophene rings is 1. The van der Waals surface area contributed by atoms with Gasteiger partial charge < -0.3 is 10.1 Å². The highest BCUT2D eigenvalue weighted by molar-refractivity contribution is 7.16. The minimum Gasteiger partial charge on any atom is -0.463 e. The van der Waals surface area contributed by atoms with Crippen LogP contribution in [0.2, 0.25) is 4.34 Å². The van der Waals surface area contributed by atoms with Gasteiger partial charge in [0.2, 0.25) is 0 Å². The summed E-state index contributed by atoms with van der Waals surface area (Å²) in [6, 6.07) is 3.94. The predicted octanol–water partition coefficient (Wildman–Crippen LogP) is 2.65. The number of halogens is 1. The minimum atomic E-state index is -0.292. The first-order valence-corrected chi connectivity index (χ1v) is 6.70. The summed E-state index contributed by atoms with van der Waals surface area (Å²) in [6.07, 6.45) is 4.16. The van der Waals surface area contributed by atoms with Gasteiger partial charge in [-0.15, -0.1) is 11.3 Å². The van der Waals surface area contributed by atoms with Crippen LogP contribution in [0.5, 0.6) is 0 Å². The fourth-order valence-corrected chi connectivity index (χ4v) is 2.32. The third kappa shape index (κ3) is 6.46. The molecule has 0 spiro atoms. The van der Waals surface area contributed by atoms with Gasteiger partial charge in [-0.3, -0.25) is 0 Å². The standard InChI is InChI=1S/C12H16ClNO2S/c1-2-16-12(15)4-3-8-14-9-7-10-5-6-11(13)17-10/h3-6,14H,2,7-9H2,1H3/b4-3+. The molecule has 0 radical (unpaired) electrons. The second-order valence-corrected chi connectivity index (χ2v) is 5.11. The molecule has 0 bridgehead atoms. The van der Waals surface area contributed by atoms with E-state index in [1.165, 1.54) is 11.0 Å². The molecule has 0 saturated carbocycles. The first-order valence-electron chi connectivity index (χ1n) is 5.50. The minimum absolute atomic E-state index is 0.292. The van der Waals surface area contributed by atoms with Crippen LogP contribution >= 0.6 is 22.9 Å². The quantitative estimate of drug-likeness (QED) is 0.472. The maximum atomic E-state index is 11.0. The van der Waals surface area contributed by atoms with Gasteiger partial charge in [0.05, 0.1) is 10.9 Å².